The van der Waals surface area contributed by atoms with Crippen LogP contribution in [0.5, 0.6) is 0 Å². The van der Waals surface area contributed by atoms with Crippen LogP contribution in [0.15, 0.2) is 22.5 Å². The second kappa shape index (κ2) is 5.55. The van der Waals surface area contributed by atoms with E-state index in [4.69, 9.17) is 10.5 Å². The third-order valence-electron chi connectivity index (χ3n) is 3.99. The normalized spacial score (nSPS) is 23.5. The van der Waals surface area contributed by atoms with E-state index < -0.39 is 15.1 Å². The summed E-state index contributed by atoms with van der Waals surface area (Å²) in [6.45, 7) is 0. The summed E-state index contributed by atoms with van der Waals surface area (Å²) in [5, 5.41) is -0.394. The summed E-state index contributed by atoms with van der Waals surface area (Å²) >= 11 is 1.20. The molecule has 2 unspecified atom stereocenters. The molecule has 0 amide bonds. The molecule has 1 aliphatic rings. The van der Waals surface area contributed by atoms with E-state index >= 15 is 0 Å². The number of sulfone groups is 1. The van der Waals surface area contributed by atoms with Crippen molar-refractivity contribution in [3.63, 3.8) is 0 Å². The van der Waals surface area contributed by atoms with E-state index in [1.54, 1.807) is 25.3 Å². The molecule has 7 heteroatoms. The number of benzene rings is 1. The minimum Gasteiger partial charge on any atom is -0.399 e. The number of hydrogen-bond donors (Lipinski definition) is 1. The molecule has 1 saturated carbocycles. The highest BCUT2D eigenvalue weighted by molar-refractivity contribution is 7.94. The van der Waals surface area contributed by atoms with Gasteiger partial charge in [0.25, 0.3) is 0 Å². The number of rotatable bonds is 3. The summed E-state index contributed by atoms with van der Waals surface area (Å²) < 4.78 is 31.9. The van der Waals surface area contributed by atoms with Gasteiger partial charge in [-0.15, -0.1) is 11.3 Å². The van der Waals surface area contributed by atoms with Crippen LogP contribution in [-0.4, -0.2) is 31.9 Å². The molecule has 21 heavy (non-hydrogen) atoms. The van der Waals surface area contributed by atoms with Gasteiger partial charge >= 0.3 is 0 Å². The molecule has 2 N–H and O–H groups in total. The predicted octanol–water partition coefficient (Wildman–Crippen LogP) is 2.61. The highest BCUT2D eigenvalue weighted by Gasteiger charge is 2.35. The average molecular weight is 326 g/mol. The molecule has 0 spiro atoms. The van der Waals surface area contributed by atoms with E-state index in [2.05, 4.69) is 4.98 Å². The maximum Gasteiger partial charge on any atom is 0.210 e. The number of hydrogen-bond acceptors (Lipinski definition) is 6. The summed E-state index contributed by atoms with van der Waals surface area (Å²) in [4.78, 5) is 4.29. The molecule has 0 radical (unpaired) electrons. The lowest BCUT2D eigenvalue weighted by atomic mass is 9.97. The van der Waals surface area contributed by atoms with Crippen molar-refractivity contribution in [1.82, 2.24) is 4.98 Å². The van der Waals surface area contributed by atoms with Crippen LogP contribution in [0.2, 0.25) is 0 Å². The lowest BCUT2D eigenvalue weighted by Crippen LogP contribution is -2.31. The van der Waals surface area contributed by atoms with Gasteiger partial charge in [-0.25, -0.2) is 13.4 Å². The molecule has 1 heterocycles. The Balaban J connectivity index is 1.95. The van der Waals surface area contributed by atoms with Gasteiger partial charge in [-0.3, -0.25) is 0 Å². The van der Waals surface area contributed by atoms with Gasteiger partial charge in [0.1, 0.15) is 0 Å². The predicted molar refractivity (Wildman–Crippen MR) is 84.3 cm³/mol. The Morgan fingerprint density at radius 3 is 2.95 bits per heavy atom. The third-order valence-corrected chi connectivity index (χ3v) is 7.63. The number of aromatic nitrogens is 1. The van der Waals surface area contributed by atoms with Gasteiger partial charge in [0.2, 0.25) is 14.2 Å². The number of anilines is 1. The zero-order chi connectivity index (χ0) is 15.0. The van der Waals surface area contributed by atoms with Gasteiger partial charge in [-0.2, -0.15) is 0 Å². The SMILES string of the molecule is COC1CCCC(S(=O)(=O)c2nc3ccc(N)cc3s2)C1. The van der Waals surface area contributed by atoms with Gasteiger partial charge in [0.15, 0.2) is 0 Å². The van der Waals surface area contributed by atoms with Crippen molar-refractivity contribution in [3.8, 4) is 0 Å². The largest absolute Gasteiger partial charge is 0.399 e. The minimum atomic E-state index is -3.39. The van der Waals surface area contributed by atoms with Gasteiger partial charge in [-0.1, -0.05) is 0 Å². The molecule has 0 bridgehead atoms. The van der Waals surface area contributed by atoms with E-state index in [1.165, 1.54) is 11.3 Å². The molecule has 114 valence electrons. The van der Waals surface area contributed by atoms with E-state index in [1.807, 2.05) is 0 Å². The number of nitrogen functional groups attached to an aromatic ring is 1. The number of nitrogens with two attached hydrogens (primary N) is 1. The summed E-state index contributed by atoms with van der Waals surface area (Å²) in [5.74, 6) is 0. The number of nitrogens with zero attached hydrogens (tertiary/aromatic N) is 1. The van der Waals surface area contributed by atoms with E-state index in [0.29, 0.717) is 24.0 Å². The fourth-order valence-electron chi connectivity index (χ4n) is 2.78. The Morgan fingerprint density at radius 2 is 2.19 bits per heavy atom. The molecule has 2 atom stereocenters. The Morgan fingerprint density at radius 1 is 1.38 bits per heavy atom. The highest BCUT2D eigenvalue weighted by atomic mass is 32.2. The Labute approximate surface area is 128 Å². The van der Waals surface area contributed by atoms with Gasteiger partial charge < -0.3 is 10.5 Å². The number of fused-ring (bicyclic) bond motifs is 1. The maximum absolute atomic E-state index is 12.8. The molecule has 1 fully saturated rings. The van der Waals surface area contributed by atoms with Crippen LogP contribution in [0, 0.1) is 0 Å². The van der Waals surface area contributed by atoms with Crippen LogP contribution in [-0.2, 0) is 14.6 Å². The van der Waals surface area contributed by atoms with Crippen LogP contribution in [0.25, 0.3) is 10.2 Å². The van der Waals surface area contributed by atoms with Crippen molar-refractivity contribution in [3.05, 3.63) is 18.2 Å². The molecule has 1 aromatic carbocycles. The fourth-order valence-corrected chi connectivity index (χ4v) is 6.13. The standard InChI is InChI=1S/C14H18N2O3S2/c1-19-10-3-2-4-11(8-10)21(17,18)14-16-12-6-5-9(15)7-13(12)20-14/h5-7,10-11H,2-4,8,15H2,1H3. The molecule has 0 aliphatic heterocycles. The highest BCUT2D eigenvalue weighted by Crippen LogP contribution is 2.34. The monoisotopic (exact) mass is 326 g/mol. The summed E-state index contributed by atoms with van der Waals surface area (Å²) in [7, 11) is -1.75. The Kier molecular flexibility index (Phi) is 3.90. The lowest BCUT2D eigenvalue weighted by Gasteiger charge is -2.27. The van der Waals surface area contributed by atoms with Crippen molar-refractivity contribution in [2.45, 2.75) is 41.4 Å². The van der Waals surface area contributed by atoms with Crippen molar-refractivity contribution < 1.29 is 13.2 Å². The molecule has 2 aromatic rings. The molecule has 5 nitrogen and oxygen atoms in total. The first-order valence-corrected chi connectivity index (χ1v) is 9.30. The van der Waals surface area contributed by atoms with Gasteiger partial charge in [0, 0.05) is 12.8 Å². The second-order valence-electron chi connectivity index (χ2n) is 5.40. The number of thiazole rings is 1. The first kappa shape index (κ1) is 14.7. The van der Waals surface area contributed by atoms with Crippen molar-refractivity contribution in [2.24, 2.45) is 0 Å². The molecular formula is C14H18N2O3S2. The first-order valence-electron chi connectivity index (χ1n) is 6.93. The van der Waals surface area contributed by atoms with Crippen LogP contribution in [0.1, 0.15) is 25.7 Å². The van der Waals surface area contributed by atoms with Crippen LogP contribution >= 0.6 is 11.3 Å². The Bertz CT molecular complexity index is 755. The summed E-state index contributed by atoms with van der Waals surface area (Å²) in [6, 6.07) is 5.27. The van der Waals surface area contributed by atoms with Crippen molar-refractivity contribution in [1.29, 1.82) is 0 Å². The fraction of sp³-hybridized carbons (Fsp3) is 0.500. The molecule has 1 aliphatic carbocycles. The zero-order valence-electron chi connectivity index (χ0n) is 11.8. The summed E-state index contributed by atoms with van der Waals surface area (Å²) in [6.07, 6.45) is 3.07. The number of methoxy groups -OCH3 is 1. The maximum atomic E-state index is 12.8. The van der Waals surface area contributed by atoms with Crippen molar-refractivity contribution in [2.75, 3.05) is 12.8 Å². The zero-order valence-corrected chi connectivity index (χ0v) is 13.4. The molecular weight excluding hydrogens is 308 g/mol. The quantitative estimate of drug-likeness (QED) is 0.877. The van der Waals surface area contributed by atoms with E-state index in [-0.39, 0.29) is 10.4 Å². The Hall–Kier alpha value is -1.18. The third kappa shape index (κ3) is 2.77. The molecule has 3 rings (SSSR count). The van der Waals surface area contributed by atoms with Crippen LogP contribution in [0.4, 0.5) is 5.69 Å². The molecule has 1 aromatic heterocycles. The van der Waals surface area contributed by atoms with Gasteiger partial charge in [-0.05, 0) is 43.9 Å². The van der Waals surface area contributed by atoms with Crippen LogP contribution in [0.3, 0.4) is 0 Å². The number of ether oxygens (including phenoxy) is 1. The average Bonchev–Trinajstić information content (AvgIpc) is 2.91. The van der Waals surface area contributed by atoms with Crippen molar-refractivity contribution >= 4 is 37.1 Å². The topological polar surface area (TPSA) is 82.3 Å². The summed E-state index contributed by atoms with van der Waals surface area (Å²) in [5.41, 5.74) is 7.04. The minimum absolute atomic E-state index is 0.0311. The second-order valence-corrected chi connectivity index (χ2v) is 8.83. The van der Waals surface area contributed by atoms with E-state index in [9.17, 15) is 8.42 Å². The van der Waals surface area contributed by atoms with Gasteiger partial charge in [0.05, 0.1) is 21.6 Å². The molecule has 0 saturated heterocycles. The van der Waals surface area contributed by atoms with E-state index in [0.717, 1.165) is 17.5 Å². The smallest absolute Gasteiger partial charge is 0.210 e. The lowest BCUT2D eigenvalue weighted by molar-refractivity contribution is 0.0720. The first-order chi connectivity index (χ1) is 10.0. The van der Waals surface area contributed by atoms with Crippen LogP contribution < -0.4 is 5.73 Å².